The number of hydrogen-bond acceptors (Lipinski definition) is 5. The maximum atomic E-state index is 13.7. The Bertz CT molecular complexity index is 1300. The molecule has 5 rings (SSSR count). The van der Waals surface area contributed by atoms with E-state index in [2.05, 4.69) is 44.7 Å². The third-order valence-corrected chi connectivity index (χ3v) is 7.95. The van der Waals surface area contributed by atoms with Gasteiger partial charge in [0.2, 0.25) is 0 Å². The van der Waals surface area contributed by atoms with E-state index in [9.17, 15) is 14.0 Å². The fraction of sp³-hybridized carbons (Fsp3) is 0.394. The molecule has 2 fully saturated rings. The van der Waals surface area contributed by atoms with E-state index in [0.29, 0.717) is 23.7 Å². The molecule has 7 nitrogen and oxygen atoms in total. The van der Waals surface area contributed by atoms with E-state index >= 15 is 0 Å². The number of morpholine rings is 1. The van der Waals surface area contributed by atoms with Crippen LogP contribution in [0, 0.1) is 11.7 Å². The van der Waals surface area contributed by atoms with Crippen LogP contribution in [0.1, 0.15) is 45.5 Å². The molecular formula is C33H39FN4O3. The highest BCUT2D eigenvalue weighted by atomic mass is 19.1. The summed E-state index contributed by atoms with van der Waals surface area (Å²) in [6, 6.07) is 21.6. The number of rotatable bonds is 10. The first-order valence-corrected chi connectivity index (χ1v) is 14.6. The molecular weight excluding hydrogens is 519 g/mol. The molecule has 2 aliphatic rings. The number of benzene rings is 3. The van der Waals surface area contributed by atoms with Crippen molar-refractivity contribution in [1.29, 1.82) is 0 Å². The number of ether oxygens (including phenoxy) is 1. The number of carbonyl (C=O) groups excluding carboxylic acids is 2. The van der Waals surface area contributed by atoms with Crippen LogP contribution in [0.3, 0.4) is 0 Å². The summed E-state index contributed by atoms with van der Waals surface area (Å²) in [7, 11) is 0. The first-order chi connectivity index (χ1) is 20.0. The summed E-state index contributed by atoms with van der Waals surface area (Å²) >= 11 is 0. The lowest BCUT2D eigenvalue weighted by Crippen LogP contribution is -2.38. The van der Waals surface area contributed by atoms with Crippen LogP contribution >= 0.6 is 0 Å². The second kappa shape index (κ2) is 14.2. The van der Waals surface area contributed by atoms with Crippen molar-refractivity contribution in [2.75, 3.05) is 62.7 Å². The molecule has 41 heavy (non-hydrogen) atoms. The maximum absolute atomic E-state index is 13.7. The number of amides is 2. The van der Waals surface area contributed by atoms with E-state index in [1.165, 1.54) is 23.8 Å². The average molecular weight is 559 g/mol. The van der Waals surface area contributed by atoms with Gasteiger partial charge in [-0.05, 0) is 80.1 Å². The second-order valence-electron chi connectivity index (χ2n) is 10.9. The van der Waals surface area contributed by atoms with Gasteiger partial charge in [0, 0.05) is 49.7 Å². The van der Waals surface area contributed by atoms with Crippen molar-refractivity contribution < 1.29 is 18.7 Å². The van der Waals surface area contributed by atoms with Gasteiger partial charge in [-0.3, -0.25) is 14.5 Å². The quantitative estimate of drug-likeness (QED) is 0.343. The zero-order chi connectivity index (χ0) is 28.4. The molecule has 0 aliphatic carbocycles. The van der Waals surface area contributed by atoms with Gasteiger partial charge in [0.25, 0.3) is 11.8 Å². The average Bonchev–Trinajstić information content (AvgIpc) is 3.01. The molecule has 2 N–H and O–H groups in total. The normalized spacial score (nSPS) is 16.4. The van der Waals surface area contributed by atoms with Gasteiger partial charge in [0.15, 0.2) is 0 Å². The lowest BCUT2D eigenvalue weighted by molar-refractivity contribution is 0.0374. The third kappa shape index (κ3) is 8.15. The number of carbonyl (C=O) groups is 2. The van der Waals surface area contributed by atoms with Gasteiger partial charge in [-0.15, -0.1) is 0 Å². The molecule has 0 bridgehead atoms. The smallest absolute Gasteiger partial charge is 0.255 e. The Hall–Kier alpha value is -3.75. The Kier molecular flexibility index (Phi) is 9.99. The van der Waals surface area contributed by atoms with Gasteiger partial charge in [-0.1, -0.05) is 36.4 Å². The number of piperidine rings is 1. The minimum absolute atomic E-state index is 0.157. The van der Waals surface area contributed by atoms with E-state index in [4.69, 9.17) is 4.74 Å². The second-order valence-corrected chi connectivity index (χ2v) is 10.9. The van der Waals surface area contributed by atoms with Gasteiger partial charge >= 0.3 is 0 Å². The van der Waals surface area contributed by atoms with Crippen LogP contribution in [-0.2, 0) is 11.2 Å². The molecule has 0 radical (unpaired) electrons. The highest BCUT2D eigenvalue weighted by molar-refractivity contribution is 6.06. The number of halogens is 1. The lowest BCUT2D eigenvalue weighted by atomic mass is 9.89. The third-order valence-electron chi connectivity index (χ3n) is 7.95. The highest BCUT2D eigenvalue weighted by Crippen LogP contribution is 2.30. The summed E-state index contributed by atoms with van der Waals surface area (Å²) in [6.07, 6.45) is 4.01. The van der Waals surface area contributed by atoms with Crippen molar-refractivity contribution in [2.45, 2.75) is 25.7 Å². The molecule has 3 aromatic rings. The van der Waals surface area contributed by atoms with Crippen LogP contribution in [0.5, 0.6) is 0 Å². The molecule has 0 spiro atoms. The minimum Gasteiger partial charge on any atom is -0.379 e. The van der Waals surface area contributed by atoms with Crippen molar-refractivity contribution in [3.05, 3.63) is 95.3 Å². The van der Waals surface area contributed by atoms with Crippen LogP contribution in [0.15, 0.2) is 72.8 Å². The topological polar surface area (TPSA) is 73.9 Å². The molecule has 3 aromatic carbocycles. The van der Waals surface area contributed by atoms with Crippen LogP contribution in [0.2, 0.25) is 0 Å². The van der Waals surface area contributed by atoms with Gasteiger partial charge in [-0.2, -0.15) is 0 Å². The first kappa shape index (κ1) is 28.8. The minimum atomic E-state index is -0.471. The molecule has 8 heteroatoms. The Morgan fingerprint density at radius 1 is 0.878 bits per heavy atom. The molecule has 2 aliphatic heterocycles. The Morgan fingerprint density at radius 3 is 2.41 bits per heavy atom. The summed E-state index contributed by atoms with van der Waals surface area (Å²) in [5.41, 5.74) is 3.50. The van der Waals surface area contributed by atoms with Crippen molar-refractivity contribution >= 4 is 23.2 Å². The predicted octanol–water partition coefficient (Wildman–Crippen LogP) is 4.99. The van der Waals surface area contributed by atoms with Crippen molar-refractivity contribution in [3.63, 3.8) is 0 Å². The summed E-state index contributed by atoms with van der Waals surface area (Å²) in [5, 5.41) is 5.93. The number of nitrogens with one attached hydrogen (secondary N) is 2. The molecule has 2 heterocycles. The van der Waals surface area contributed by atoms with E-state index in [1.54, 1.807) is 12.1 Å². The van der Waals surface area contributed by atoms with E-state index in [1.807, 2.05) is 18.2 Å². The van der Waals surface area contributed by atoms with Crippen molar-refractivity contribution in [1.82, 2.24) is 10.2 Å². The molecule has 0 atom stereocenters. The number of nitrogens with zero attached hydrogens (tertiary/aromatic N) is 2. The summed E-state index contributed by atoms with van der Waals surface area (Å²) in [6.45, 7) is 6.56. The molecule has 2 amide bonds. The van der Waals surface area contributed by atoms with Crippen LogP contribution in [0.4, 0.5) is 15.8 Å². The van der Waals surface area contributed by atoms with E-state index in [0.717, 1.165) is 77.3 Å². The van der Waals surface area contributed by atoms with Crippen LogP contribution < -0.4 is 15.5 Å². The molecule has 2 saturated heterocycles. The summed E-state index contributed by atoms with van der Waals surface area (Å²) in [4.78, 5) is 30.9. The van der Waals surface area contributed by atoms with Gasteiger partial charge in [0.1, 0.15) is 5.82 Å². The predicted molar refractivity (Wildman–Crippen MR) is 160 cm³/mol. The Labute approximate surface area is 241 Å². The van der Waals surface area contributed by atoms with Crippen molar-refractivity contribution in [2.24, 2.45) is 5.92 Å². The van der Waals surface area contributed by atoms with E-state index in [-0.39, 0.29) is 11.5 Å². The molecule has 216 valence electrons. The SMILES string of the molecule is O=C(Nc1ccc(N2CCC(Cc3ccccc3)CC2)c(C(=O)NCCCN2CCOCC2)c1)c1cccc(F)c1. The standard InChI is InChI=1S/C33H39FN4O3/c34-28-9-4-8-27(23-28)32(39)36-29-10-11-31(38-16-12-26(13-17-38)22-25-6-2-1-3-7-25)30(24-29)33(40)35-14-5-15-37-18-20-41-21-19-37/h1-4,6-11,23-24,26H,5,12-22H2,(H,35,40)(H,36,39). The summed E-state index contributed by atoms with van der Waals surface area (Å²) < 4.78 is 19.1. The zero-order valence-electron chi connectivity index (χ0n) is 23.5. The Morgan fingerprint density at radius 2 is 1.66 bits per heavy atom. The van der Waals surface area contributed by atoms with Crippen LogP contribution in [0.25, 0.3) is 0 Å². The van der Waals surface area contributed by atoms with Gasteiger partial charge < -0.3 is 20.3 Å². The van der Waals surface area contributed by atoms with Gasteiger partial charge in [-0.25, -0.2) is 4.39 Å². The maximum Gasteiger partial charge on any atom is 0.255 e. The largest absolute Gasteiger partial charge is 0.379 e. The van der Waals surface area contributed by atoms with Crippen LogP contribution in [-0.4, -0.2) is 69.2 Å². The fourth-order valence-electron chi connectivity index (χ4n) is 5.65. The molecule has 0 saturated carbocycles. The fourth-order valence-corrected chi connectivity index (χ4v) is 5.65. The highest BCUT2D eigenvalue weighted by Gasteiger charge is 2.24. The zero-order valence-corrected chi connectivity index (χ0v) is 23.5. The van der Waals surface area contributed by atoms with Crippen molar-refractivity contribution in [3.8, 4) is 0 Å². The lowest BCUT2D eigenvalue weighted by Gasteiger charge is -2.35. The van der Waals surface area contributed by atoms with Gasteiger partial charge in [0.05, 0.1) is 18.8 Å². The molecule has 0 aromatic heterocycles. The Balaban J connectivity index is 1.26. The van der Waals surface area contributed by atoms with E-state index < -0.39 is 11.7 Å². The molecule has 0 unspecified atom stereocenters. The number of anilines is 2. The summed E-state index contributed by atoms with van der Waals surface area (Å²) in [5.74, 6) is -0.442. The number of hydrogen-bond donors (Lipinski definition) is 2. The monoisotopic (exact) mass is 558 g/mol. The first-order valence-electron chi connectivity index (χ1n) is 14.6.